The predicted molar refractivity (Wildman–Crippen MR) is 147 cm³/mol. The standard InChI is InChI=1S/C15H17NO4.C10H10O2.C5H7NO2/c1-3-20-15(18)12(10-16)7-8-14(17)11-5-4-6-13(9-11)19-2;1-3-10(11)8-5-4-6-9(7-8)12-2;1-2-8-5(7)3-4-6/h4-6,9,12H,3,7-8H2,1-2H3;3-7H,1H2,2H3;2-3H2,1H3. The molecule has 10 nitrogen and oxygen atoms in total. The molecule has 0 saturated carbocycles. The monoisotopic (exact) mass is 550 g/mol. The molecule has 0 radical (unpaired) electrons. The molecule has 0 aliphatic carbocycles. The molecule has 0 N–H and O–H groups in total. The molecule has 0 bridgehead atoms. The zero-order valence-electron chi connectivity index (χ0n) is 23.2. The molecule has 0 aliphatic rings. The second-order valence-corrected chi connectivity index (χ2v) is 7.57. The van der Waals surface area contributed by atoms with E-state index < -0.39 is 17.9 Å². The third kappa shape index (κ3) is 14.1. The number of carbonyl (C=O) groups excluding carboxylic acids is 4. The van der Waals surface area contributed by atoms with E-state index in [9.17, 15) is 19.2 Å². The molecular weight excluding hydrogens is 516 g/mol. The van der Waals surface area contributed by atoms with Crippen molar-refractivity contribution in [1.82, 2.24) is 0 Å². The molecule has 1 atom stereocenters. The fraction of sp³-hybridized carbons (Fsp3) is 0.333. The highest BCUT2D eigenvalue weighted by atomic mass is 16.5. The van der Waals surface area contributed by atoms with Crippen LogP contribution in [-0.2, 0) is 19.1 Å². The van der Waals surface area contributed by atoms with Gasteiger partial charge in [-0.25, -0.2) is 0 Å². The number of hydrogen-bond acceptors (Lipinski definition) is 10. The van der Waals surface area contributed by atoms with Crippen molar-refractivity contribution in [2.24, 2.45) is 5.92 Å². The number of nitrogens with zero attached hydrogens (tertiary/aromatic N) is 2. The molecule has 0 amide bonds. The van der Waals surface area contributed by atoms with Crippen LogP contribution in [0.1, 0.15) is 53.8 Å². The number of allylic oxidation sites excluding steroid dienone is 1. The molecule has 212 valence electrons. The summed E-state index contributed by atoms with van der Waals surface area (Å²) in [7, 11) is 3.09. The average molecular weight is 551 g/mol. The molecular formula is C30H34N2O8. The van der Waals surface area contributed by atoms with E-state index in [2.05, 4.69) is 11.3 Å². The van der Waals surface area contributed by atoms with Gasteiger partial charge in [-0.3, -0.25) is 19.2 Å². The summed E-state index contributed by atoms with van der Waals surface area (Å²) < 4.78 is 19.2. The number of carbonyl (C=O) groups is 4. The molecule has 0 fully saturated rings. The van der Waals surface area contributed by atoms with Crippen LogP contribution in [0.3, 0.4) is 0 Å². The largest absolute Gasteiger partial charge is 0.497 e. The van der Waals surface area contributed by atoms with Gasteiger partial charge in [-0.1, -0.05) is 30.8 Å². The first-order valence-corrected chi connectivity index (χ1v) is 12.3. The third-order valence-corrected chi connectivity index (χ3v) is 4.85. The third-order valence-electron chi connectivity index (χ3n) is 4.85. The normalized spacial score (nSPS) is 9.85. The van der Waals surface area contributed by atoms with Gasteiger partial charge >= 0.3 is 11.9 Å². The van der Waals surface area contributed by atoms with Gasteiger partial charge in [0.15, 0.2) is 11.6 Å². The quantitative estimate of drug-likeness (QED) is 0.203. The Balaban J connectivity index is 0.000000642. The lowest BCUT2D eigenvalue weighted by Gasteiger charge is -2.08. The number of hydrogen-bond donors (Lipinski definition) is 0. The molecule has 2 aromatic rings. The summed E-state index contributed by atoms with van der Waals surface area (Å²) >= 11 is 0. The predicted octanol–water partition coefficient (Wildman–Crippen LogP) is 4.89. The minimum atomic E-state index is -0.899. The van der Waals surface area contributed by atoms with E-state index in [0.717, 1.165) is 0 Å². The van der Waals surface area contributed by atoms with Crippen LogP contribution in [0.25, 0.3) is 0 Å². The summed E-state index contributed by atoms with van der Waals surface area (Å²) in [4.78, 5) is 44.8. The molecule has 0 heterocycles. The number of esters is 2. The molecule has 1 unspecified atom stereocenters. The molecule has 40 heavy (non-hydrogen) atoms. The number of Topliss-reactive ketones (excluding diaryl/α,β-unsaturated/α-hetero) is 1. The number of ether oxygens (including phenoxy) is 4. The van der Waals surface area contributed by atoms with Crippen molar-refractivity contribution in [3.05, 3.63) is 72.3 Å². The van der Waals surface area contributed by atoms with Crippen LogP contribution in [-0.4, -0.2) is 50.9 Å². The van der Waals surface area contributed by atoms with Gasteiger partial charge in [0.25, 0.3) is 0 Å². The molecule has 0 saturated heterocycles. The number of benzene rings is 2. The fourth-order valence-corrected chi connectivity index (χ4v) is 2.86. The minimum absolute atomic E-state index is 0.0890. The van der Waals surface area contributed by atoms with E-state index in [0.29, 0.717) is 29.2 Å². The Kier molecular flexibility index (Phi) is 18.4. The van der Waals surface area contributed by atoms with Gasteiger partial charge in [0.1, 0.15) is 23.8 Å². The first-order valence-electron chi connectivity index (χ1n) is 12.3. The van der Waals surface area contributed by atoms with Gasteiger partial charge in [0.2, 0.25) is 0 Å². The maximum Gasteiger partial charge on any atom is 0.323 e. The Morgan fingerprint density at radius 3 is 1.93 bits per heavy atom. The van der Waals surface area contributed by atoms with Crippen LogP contribution in [0.15, 0.2) is 61.2 Å². The highest BCUT2D eigenvalue weighted by Crippen LogP contribution is 2.17. The number of nitriles is 2. The molecule has 0 aromatic heterocycles. The van der Waals surface area contributed by atoms with Gasteiger partial charge in [0.05, 0.1) is 39.6 Å². The van der Waals surface area contributed by atoms with Gasteiger partial charge < -0.3 is 18.9 Å². The van der Waals surface area contributed by atoms with Gasteiger partial charge in [-0.15, -0.1) is 0 Å². The summed E-state index contributed by atoms with van der Waals surface area (Å²) in [5.74, 6) is -0.865. The van der Waals surface area contributed by atoms with E-state index in [1.54, 1.807) is 75.6 Å². The smallest absolute Gasteiger partial charge is 0.323 e. The lowest BCUT2D eigenvalue weighted by Crippen LogP contribution is -2.17. The highest BCUT2D eigenvalue weighted by Gasteiger charge is 2.20. The van der Waals surface area contributed by atoms with Crippen LogP contribution >= 0.6 is 0 Å². The summed E-state index contributed by atoms with van der Waals surface area (Å²) in [6, 6.07) is 17.3. The fourth-order valence-electron chi connectivity index (χ4n) is 2.86. The van der Waals surface area contributed by atoms with Crippen molar-refractivity contribution >= 4 is 23.5 Å². The van der Waals surface area contributed by atoms with Crippen molar-refractivity contribution in [2.45, 2.75) is 33.1 Å². The van der Waals surface area contributed by atoms with Crippen molar-refractivity contribution in [3.63, 3.8) is 0 Å². The van der Waals surface area contributed by atoms with E-state index in [1.165, 1.54) is 13.2 Å². The molecule has 2 rings (SSSR count). The minimum Gasteiger partial charge on any atom is -0.497 e. The summed E-state index contributed by atoms with van der Waals surface area (Å²) in [5, 5.41) is 16.8. The van der Waals surface area contributed by atoms with Gasteiger partial charge in [-0.05, 0) is 50.6 Å². The first kappa shape index (κ1) is 35.0. The van der Waals surface area contributed by atoms with Crippen LogP contribution in [0.2, 0.25) is 0 Å². The first-order chi connectivity index (χ1) is 19.2. The lowest BCUT2D eigenvalue weighted by atomic mass is 9.99. The SMILES string of the molecule is C=CC(=O)c1cccc(OC)c1.CCOC(=O)C(C#N)CCC(=O)c1cccc(OC)c1.CCOC(=O)CC#N. The van der Waals surface area contributed by atoms with Crippen LogP contribution < -0.4 is 9.47 Å². The summed E-state index contributed by atoms with van der Waals surface area (Å²) in [6.45, 7) is 7.35. The van der Waals surface area contributed by atoms with Crippen LogP contribution in [0, 0.1) is 28.6 Å². The number of methoxy groups -OCH3 is 2. The zero-order valence-corrected chi connectivity index (χ0v) is 23.2. The van der Waals surface area contributed by atoms with Crippen molar-refractivity contribution < 1.29 is 38.1 Å². The van der Waals surface area contributed by atoms with Gasteiger partial charge in [0, 0.05) is 17.5 Å². The Labute approximate surface area is 234 Å². The Morgan fingerprint density at radius 2 is 1.45 bits per heavy atom. The highest BCUT2D eigenvalue weighted by molar-refractivity contribution is 6.04. The van der Waals surface area contributed by atoms with Gasteiger partial charge in [-0.2, -0.15) is 10.5 Å². The Hall–Kier alpha value is -4.96. The molecule has 0 aliphatic heterocycles. The van der Waals surface area contributed by atoms with Crippen molar-refractivity contribution in [3.8, 4) is 23.6 Å². The molecule has 0 spiro atoms. The van der Waals surface area contributed by atoms with E-state index in [1.807, 2.05) is 6.07 Å². The molecule has 10 heteroatoms. The second kappa shape index (κ2) is 21.0. The maximum atomic E-state index is 12.0. The van der Waals surface area contributed by atoms with E-state index in [4.69, 9.17) is 24.7 Å². The van der Waals surface area contributed by atoms with Crippen molar-refractivity contribution in [1.29, 1.82) is 10.5 Å². The second-order valence-electron chi connectivity index (χ2n) is 7.57. The van der Waals surface area contributed by atoms with Crippen molar-refractivity contribution in [2.75, 3.05) is 27.4 Å². The van der Waals surface area contributed by atoms with E-state index >= 15 is 0 Å². The van der Waals surface area contributed by atoms with Crippen LogP contribution in [0.4, 0.5) is 0 Å². The summed E-state index contributed by atoms with van der Waals surface area (Å²) in [6.07, 6.45) is 1.41. The number of rotatable bonds is 12. The average Bonchev–Trinajstić information content (AvgIpc) is 2.98. The Morgan fingerprint density at radius 1 is 0.900 bits per heavy atom. The molecule has 2 aromatic carbocycles. The van der Waals surface area contributed by atoms with E-state index in [-0.39, 0.29) is 37.4 Å². The lowest BCUT2D eigenvalue weighted by molar-refractivity contribution is -0.146. The Bertz CT molecular complexity index is 1210. The van der Waals surface area contributed by atoms with Crippen LogP contribution in [0.5, 0.6) is 11.5 Å². The topological polar surface area (TPSA) is 153 Å². The zero-order chi connectivity index (χ0) is 30.3. The number of ketones is 2. The summed E-state index contributed by atoms with van der Waals surface area (Å²) in [5.41, 5.74) is 1.11. The maximum absolute atomic E-state index is 12.0.